The summed E-state index contributed by atoms with van der Waals surface area (Å²) in [7, 11) is 0. The molecular formula is C15H15N3O3. The van der Waals surface area contributed by atoms with E-state index in [1.807, 2.05) is 0 Å². The molecule has 2 heterocycles. The Balaban J connectivity index is 2.15. The fraction of sp³-hybridized carbons (Fsp3) is 0.267. The molecule has 21 heavy (non-hydrogen) atoms. The zero-order valence-electron chi connectivity index (χ0n) is 11.8. The fourth-order valence-electron chi connectivity index (χ4n) is 1.77. The van der Waals surface area contributed by atoms with E-state index in [-0.39, 0.29) is 12.5 Å². The molecule has 0 saturated heterocycles. The number of nitrogens with one attached hydrogen (secondary N) is 1. The SMILES string of the molecule is Cc1noc(C)c1C(=O)Nc1cccc(C#CCCO)n1. The Morgan fingerprint density at radius 3 is 2.90 bits per heavy atom. The monoisotopic (exact) mass is 285 g/mol. The number of aromatic nitrogens is 2. The number of hydrogen-bond acceptors (Lipinski definition) is 5. The number of rotatable bonds is 3. The summed E-state index contributed by atoms with van der Waals surface area (Å²) >= 11 is 0. The number of pyridine rings is 1. The molecule has 0 spiro atoms. The lowest BCUT2D eigenvalue weighted by Gasteiger charge is -2.04. The molecule has 0 aliphatic rings. The van der Waals surface area contributed by atoms with Crippen LogP contribution < -0.4 is 5.32 Å². The lowest BCUT2D eigenvalue weighted by molar-refractivity contribution is 0.102. The van der Waals surface area contributed by atoms with Crippen LogP contribution in [0.5, 0.6) is 0 Å². The first-order valence-electron chi connectivity index (χ1n) is 6.43. The number of nitrogens with zero attached hydrogens (tertiary/aromatic N) is 2. The van der Waals surface area contributed by atoms with Crippen LogP contribution in [0, 0.1) is 25.7 Å². The average molecular weight is 285 g/mol. The third-order valence-corrected chi connectivity index (χ3v) is 2.70. The molecule has 0 aliphatic carbocycles. The molecule has 2 rings (SSSR count). The van der Waals surface area contributed by atoms with Crippen molar-refractivity contribution in [1.29, 1.82) is 0 Å². The number of hydrogen-bond donors (Lipinski definition) is 2. The maximum atomic E-state index is 12.2. The number of anilines is 1. The molecule has 1 amide bonds. The van der Waals surface area contributed by atoms with Crippen molar-refractivity contribution in [3.05, 3.63) is 40.9 Å². The summed E-state index contributed by atoms with van der Waals surface area (Å²) < 4.78 is 4.97. The Kier molecular flexibility index (Phi) is 4.69. The van der Waals surface area contributed by atoms with Gasteiger partial charge in [0.05, 0.1) is 12.3 Å². The van der Waals surface area contributed by atoms with Gasteiger partial charge in [-0.1, -0.05) is 17.1 Å². The van der Waals surface area contributed by atoms with Crippen molar-refractivity contribution in [1.82, 2.24) is 10.1 Å². The second kappa shape index (κ2) is 6.68. The number of aliphatic hydroxyl groups excluding tert-OH is 1. The van der Waals surface area contributed by atoms with Gasteiger partial charge < -0.3 is 14.9 Å². The molecular weight excluding hydrogens is 270 g/mol. The van der Waals surface area contributed by atoms with Crippen molar-refractivity contribution in [2.45, 2.75) is 20.3 Å². The van der Waals surface area contributed by atoms with E-state index >= 15 is 0 Å². The summed E-state index contributed by atoms with van der Waals surface area (Å²) in [5.41, 5.74) is 1.47. The van der Waals surface area contributed by atoms with E-state index < -0.39 is 0 Å². The van der Waals surface area contributed by atoms with Gasteiger partial charge in [0.15, 0.2) is 0 Å². The van der Waals surface area contributed by atoms with Gasteiger partial charge in [0.2, 0.25) is 0 Å². The van der Waals surface area contributed by atoms with Crippen LogP contribution in [0.2, 0.25) is 0 Å². The third-order valence-electron chi connectivity index (χ3n) is 2.70. The molecule has 6 heteroatoms. The fourth-order valence-corrected chi connectivity index (χ4v) is 1.77. The molecule has 2 aromatic heterocycles. The Morgan fingerprint density at radius 1 is 1.43 bits per heavy atom. The maximum Gasteiger partial charge on any atom is 0.262 e. The Morgan fingerprint density at radius 2 is 2.24 bits per heavy atom. The Labute approximate surface area is 122 Å². The van der Waals surface area contributed by atoms with Crippen molar-refractivity contribution in [3.63, 3.8) is 0 Å². The summed E-state index contributed by atoms with van der Waals surface area (Å²) in [5.74, 6) is 6.13. The largest absolute Gasteiger partial charge is 0.395 e. The molecule has 0 aliphatic heterocycles. The van der Waals surface area contributed by atoms with E-state index in [0.29, 0.717) is 35.0 Å². The minimum Gasteiger partial charge on any atom is -0.395 e. The number of aryl methyl sites for hydroxylation is 2. The second-order valence-electron chi connectivity index (χ2n) is 4.34. The molecule has 0 aromatic carbocycles. The van der Waals surface area contributed by atoms with Gasteiger partial charge >= 0.3 is 0 Å². The lowest BCUT2D eigenvalue weighted by Crippen LogP contribution is -2.14. The molecule has 0 fully saturated rings. The number of carbonyl (C=O) groups is 1. The standard InChI is InChI=1S/C15H15N3O3/c1-10-14(11(2)21-18-10)15(20)17-13-8-5-7-12(16-13)6-3-4-9-19/h5,7-8,19H,4,9H2,1-2H3,(H,16,17,20). The van der Waals surface area contributed by atoms with E-state index in [1.165, 1.54) is 0 Å². The zero-order valence-corrected chi connectivity index (χ0v) is 11.8. The molecule has 2 N–H and O–H groups in total. The quantitative estimate of drug-likeness (QED) is 0.837. The van der Waals surface area contributed by atoms with Crippen LogP contribution in [0.15, 0.2) is 22.7 Å². The van der Waals surface area contributed by atoms with Crippen molar-refractivity contribution >= 4 is 11.7 Å². The summed E-state index contributed by atoms with van der Waals surface area (Å²) in [6.07, 6.45) is 0.386. The molecule has 0 unspecified atom stereocenters. The zero-order chi connectivity index (χ0) is 15.2. The number of amides is 1. The van der Waals surface area contributed by atoms with Crippen LogP contribution in [0.25, 0.3) is 0 Å². The van der Waals surface area contributed by atoms with Gasteiger partial charge in [0.1, 0.15) is 22.8 Å². The number of carbonyl (C=O) groups excluding carboxylic acids is 1. The van der Waals surface area contributed by atoms with Crippen molar-refractivity contribution < 1.29 is 14.4 Å². The average Bonchev–Trinajstić information content (AvgIpc) is 2.79. The first kappa shape index (κ1) is 14.8. The first-order chi connectivity index (χ1) is 10.1. The normalized spacial score (nSPS) is 9.86. The predicted molar refractivity (Wildman–Crippen MR) is 76.7 cm³/mol. The van der Waals surface area contributed by atoms with Gasteiger partial charge in [-0.2, -0.15) is 0 Å². The van der Waals surface area contributed by atoms with Gasteiger partial charge in [0, 0.05) is 6.42 Å². The highest BCUT2D eigenvalue weighted by Gasteiger charge is 2.17. The Hall–Kier alpha value is -2.65. The topological polar surface area (TPSA) is 88.2 Å². The summed E-state index contributed by atoms with van der Waals surface area (Å²) in [6.45, 7) is 3.39. The van der Waals surface area contributed by atoms with E-state index in [2.05, 4.69) is 27.3 Å². The highest BCUT2D eigenvalue weighted by Crippen LogP contribution is 2.14. The van der Waals surface area contributed by atoms with Crippen molar-refractivity contribution in [2.24, 2.45) is 0 Å². The smallest absolute Gasteiger partial charge is 0.262 e. The molecule has 108 valence electrons. The van der Waals surface area contributed by atoms with Crippen LogP contribution in [-0.4, -0.2) is 27.8 Å². The van der Waals surface area contributed by atoms with Crippen LogP contribution in [-0.2, 0) is 0 Å². The lowest BCUT2D eigenvalue weighted by atomic mass is 10.2. The second-order valence-corrected chi connectivity index (χ2v) is 4.34. The summed E-state index contributed by atoms with van der Waals surface area (Å²) in [6, 6.07) is 5.15. The van der Waals surface area contributed by atoms with Gasteiger partial charge in [-0.3, -0.25) is 4.79 Å². The molecule has 0 radical (unpaired) electrons. The van der Waals surface area contributed by atoms with E-state index in [4.69, 9.17) is 9.63 Å². The molecule has 0 atom stereocenters. The number of aliphatic hydroxyl groups is 1. The third kappa shape index (κ3) is 3.68. The minimum absolute atomic E-state index is 0.00939. The van der Waals surface area contributed by atoms with E-state index in [9.17, 15) is 4.79 Å². The van der Waals surface area contributed by atoms with Crippen molar-refractivity contribution in [2.75, 3.05) is 11.9 Å². The predicted octanol–water partition coefficient (Wildman–Crippen LogP) is 1.67. The molecule has 0 saturated carbocycles. The first-order valence-corrected chi connectivity index (χ1v) is 6.43. The van der Waals surface area contributed by atoms with Crippen LogP contribution in [0.3, 0.4) is 0 Å². The summed E-state index contributed by atoms with van der Waals surface area (Å²) in [5, 5.41) is 15.1. The highest BCUT2D eigenvalue weighted by atomic mass is 16.5. The van der Waals surface area contributed by atoms with Crippen LogP contribution in [0.1, 0.15) is 33.9 Å². The molecule has 6 nitrogen and oxygen atoms in total. The van der Waals surface area contributed by atoms with E-state index in [0.717, 1.165) is 0 Å². The van der Waals surface area contributed by atoms with Gasteiger partial charge in [-0.15, -0.1) is 0 Å². The Bertz CT molecular complexity index is 691. The van der Waals surface area contributed by atoms with E-state index in [1.54, 1.807) is 32.0 Å². The van der Waals surface area contributed by atoms with Gasteiger partial charge in [0.25, 0.3) is 5.91 Å². The maximum absolute atomic E-state index is 12.2. The molecule has 0 bridgehead atoms. The van der Waals surface area contributed by atoms with Crippen LogP contribution in [0.4, 0.5) is 5.82 Å². The van der Waals surface area contributed by atoms with Gasteiger partial charge in [-0.25, -0.2) is 4.98 Å². The minimum atomic E-state index is -0.320. The van der Waals surface area contributed by atoms with Crippen molar-refractivity contribution in [3.8, 4) is 11.8 Å². The molecule has 2 aromatic rings. The van der Waals surface area contributed by atoms with Crippen LogP contribution >= 0.6 is 0 Å². The summed E-state index contributed by atoms with van der Waals surface area (Å²) in [4.78, 5) is 16.4. The highest BCUT2D eigenvalue weighted by molar-refractivity contribution is 6.05. The van der Waals surface area contributed by atoms with Gasteiger partial charge in [-0.05, 0) is 31.9 Å².